The molecule has 0 aliphatic carbocycles. The number of nitrogens with one attached hydrogen (secondary N) is 2. The Morgan fingerprint density at radius 3 is 2.35 bits per heavy atom. The summed E-state index contributed by atoms with van der Waals surface area (Å²) in [5.41, 5.74) is -0.0930. The van der Waals surface area contributed by atoms with Crippen molar-refractivity contribution < 1.29 is 22.7 Å². The van der Waals surface area contributed by atoms with Crippen LogP contribution in [-0.2, 0) is 10.0 Å². The van der Waals surface area contributed by atoms with E-state index in [0.717, 1.165) is 0 Å². The van der Waals surface area contributed by atoms with Crippen LogP contribution in [0.4, 0.5) is 11.6 Å². The van der Waals surface area contributed by atoms with Crippen LogP contribution < -0.4 is 19.5 Å². The van der Waals surface area contributed by atoms with E-state index >= 15 is 0 Å². The second-order valence-electron chi connectivity index (χ2n) is 7.31. The van der Waals surface area contributed by atoms with E-state index in [9.17, 15) is 13.2 Å². The van der Waals surface area contributed by atoms with Crippen LogP contribution in [0.1, 0.15) is 10.4 Å². The Morgan fingerprint density at radius 2 is 1.65 bits per heavy atom. The van der Waals surface area contributed by atoms with Crippen LogP contribution in [-0.4, -0.2) is 31.4 Å². The molecular weight excluding hydrogens is 563 g/mol. The summed E-state index contributed by atoms with van der Waals surface area (Å²) in [7, 11) is -2.72. The number of para-hydroxylation sites is 1. The van der Waals surface area contributed by atoms with Gasteiger partial charge in [-0.15, -0.1) is 0 Å². The van der Waals surface area contributed by atoms with Gasteiger partial charge in [0.05, 0.1) is 28.3 Å². The molecule has 3 aromatic carbocycles. The predicted octanol–water partition coefficient (Wildman–Crippen LogP) is 6.29. The highest BCUT2D eigenvalue weighted by Gasteiger charge is 2.21. The molecule has 0 unspecified atom stereocenters. The maximum absolute atomic E-state index is 13.1. The van der Waals surface area contributed by atoms with Gasteiger partial charge < -0.3 is 9.47 Å². The Kier molecular flexibility index (Phi) is 8.03. The number of hydrogen-bond donors (Lipinski definition) is 2. The lowest BCUT2D eigenvalue weighted by molar-refractivity contribution is 0.102. The van der Waals surface area contributed by atoms with Crippen LogP contribution >= 0.6 is 34.8 Å². The van der Waals surface area contributed by atoms with Crippen molar-refractivity contribution in [1.29, 1.82) is 0 Å². The Morgan fingerprint density at radius 1 is 0.919 bits per heavy atom. The van der Waals surface area contributed by atoms with Gasteiger partial charge in [-0.05, 0) is 54.6 Å². The first-order valence-electron chi connectivity index (χ1n) is 10.4. The standard InChI is InChI=1S/C24H17Cl3N4O5S/c1-35-22-13-21(27)28-24(29-22)30-23(32)17-12-14(25)6-11-19(17)31-37(33,34)16-9-7-15(8-10-16)36-20-5-3-2-4-18(20)26/h2-13,31H,1H3,(H,28,29,30,32). The molecule has 0 aliphatic rings. The third-order valence-electron chi connectivity index (χ3n) is 4.77. The number of carbonyl (C=O) groups excluding carboxylic acids is 1. The normalized spacial score (nSPS) is 11.0. The van der Waals surface area contributed by atoms with Gasteiger partial charge in [0.15, 0.2) is 0 Å². The lowest BCUT2D eigenvalue weighted by Gasteiger charge is -2.14. The van der Waals surface area contributed by atoms with Gasteiger partial charge in [-0.1, -0.05) is 46.9 Å². The minimum Gasteiger partial charge on any atom is -0.481 e. The number of amides is 1. The minimum atomic E-state index is -4.10. The quantitative estimate of drug-likeness (QED) is 0.235. The number of aromatic nitrogens is 2. The molecule has 0 saturated heterocycles. The molecule has 1 aromatic heterocycles. The molecule has 0 atom stereocenters. The van der Waals surface area contributed by atoms with Crippen molar-refractivity contribution in [3.63, 3.8) is 0 Å². The number of rotatable bonds is 8. The number of hydrogen-bond acceptors (Lipinski definition) is 7. The SMILES string of the molecule is COc1cc(Cl)nc(NC(=O)c2cc(Cl)ccc2NS(=O)(=O)c2ccc(Oc3ccccc3Cl)cc2)n1. The van der Waals surface area contributed by atoms with E-state index in [-0.39, 0.29) is 38.2 Å². The summed E-state index contributed by atoms with van der Waals surface area (Å²) in [6.45, 7) is 0. The van der Waals surface area contributed by atoms with E-state index < -0.39 is 15.9 Å². The van der Waals surface area contributed by atoms with Gasteiger partial charge in [0.25, 0.3) is 15.9 Å². The van der Waals surface area contributed by atoms with Crippen molar-refractivity contribution >= 4 is 62.4 Å². The van der Waals surface area contributed by atoms with E-state index in [0.29, 0.717) is 16.5 Å². The van der Waals surface area contributed by atoms with Gasteiger partial charge in [0.2, 0.25) is 11.8 Å². The van der Waals surface area contributed by atoms with Gasteiger partial charge >= 0.3 is 0 Å². The molecule has 0 saturated carbocycles. The van der Waals surface area contributed by atoms with Gasteiger partial charge in [-0.3, -0.25) is 14.8 Å². The average Bonchev–Trinajstić information content (AvgIpc) is 2.86. The fourth-order valence-electron chi connectivity index (χ4n) is 3.06. The molecule has 4 aromatic rings. The summed E-state index contributed by atoms with van der Waals surface area (Å²) in [5.74, 6) is 0.0705. The maximum atomic E-state index is 13.1. The van der Waals surface area contributed by atoms with Gasteiger partial charge in [-0.2, -0.15) is 4.98 Å². The topological polar surface area (TPSA) is 120 Å². The Hall–Kier alpha value is -3.57. The lowest BCUT2D eigenvalue weighted by Crippen LogP contribution is -2.19. The van der Waals surface area contributed by atoms with Crippen LogP contribution in [0.15, 0.2) is 77.7 Å². The Bertz CT molecular complexity index is 1570. The average molecular weight is 580 g/mol. The van der Waals surface area contributed by atoms with Crippen LogP contribution in [0.5, 0.6) is 17.4 Å². The second kappa shape index (κ2) is 11.2. The fourth-order valence-corrected chi connectivity index (χ4v) is 4.66. The summed E-state index contributed by atoms with van der Waals surface area (Å²) >= 11 is 18.1. The van der Waals surface area contributed by atoms with Crippen LogP contribution in [0.2, 0.25) is 15.2 Å². The molecule has 0 spiro atoms. The molecule has 37 heavy (non-hydrogen) atoms. The summed E-state index contributed by atoms with van der Waals surface area (Å²) in [5, 5.41) is 3.11. The van der Waals surface area contributed by atoms with Crippen molar-refractivity contribution in [2.75, 3.05) is 17.1 Å². The van der Waals surface area contributed by atoms with Gasteiger partial charge in [-0.25, -0.2) is 13.4 Å². The van der Waals surface area contributed by atoms with Gasteiger partial charge in [0.1, 0.15) is 16.7 Å². The zero-order valence-electron chi connectivity index (χ0n) is 18.9. The van der Waals surface area contributed by atoms with E-state index in [1.54, 1.807) is 24.3 Å². The molecule has 0 aliphatic heterocycles. The highest BCUT2D eigenvalue weighted by molar-refractivity contribution is 7.92. The molecule has 0 bridgehead atoms. The molecule has 0 fully saturated rings. The molecule has 2 N–H and O–H groups in total. The van der Waals surface area contributed by atoms with E-state index in [1.807, 2.05) is 0 Å². The largest absolute Gasteiger partial charge is 0.481 e. The molecule has 9 nitrogen and oxygen atoms in total. The predicted molar refractivity (Wildman–Crippen MR) is 142 cm³/mol. The van der Waals surface area contributed by atoms with Crippen molar-refractivity contribution in [2.24, 2.45) is 0 Å². The first kappa shape index (κ1) is 26.5. The third-order valence-corrected chi connectivity index (χ3v) is 6.90. The zero-order chi connectivity index (χ0) is 26.6. The summed E-state index contributed by atoms with van der Waals surface area (Å²) < 4.78 is 39.3. The highest BCUT2D eigenvalue weighted by atomic mass is 35.5. The second-order valence-corrected chi connectivity index (χ2v) is 10.2. The van der Waals surface area contributed by atoms with Crippen molar-refractivity contribution in [1.82, 2.24) is 9.97 Å². The first-order chi connectivity index (χ1) is 17.6. The van der Waals surface area contributed by atoms with Crippen LogP contribution in [0, 0.1) is 0 Å². The molecule has 190 valence electrons. The molecule has 4 rings (SSSR count). The number of sulfonamides is 1. The number of carbonyl (C=O) groups is 1. The number of methoxy groups -OCH3 is 1. The van der Waals surface area contributed by atoms with E-state index in [1.165, 1.54) is 55.6 Å². The van der Waals surface area contributed by atoms with Crippen LogP contribution in [0.3, 0.4) is 0 Å². The molecule has 0 radical (unpaired) electrons. The molecule has 13 heteroatoms. The number of halogens is 3. The number of ether oxygens (including phenoxy) is 2. The first-order valence-corrected chi connectivity index (χ1v) is 13.0. The van der Waals surface area contributed by atoms with Gasteiger partial charge in [0, 0.05) is 11.1 Å². The van der Waals surface area contributed by atoms with E-state index in [2.05, 4.69) is 20.0 Å². The van der Waals surface area contributed by atoms with Crippen molar-refractivity contribution in [3.8, 4) is 17.4 Å². The Balaban J connectivity index is 1.56. The fraction of sp³-hybridized carbons (Fsp3) is 0.0417. The summed E-state index contributed by atoms with van der Waals surface area (Å²) in [4.78, 5) is 20.8. The maximum Gasteiger partial charge on any atom is 0.261 e. The minimum absolute atomic E-state index is 0.0210. The lowest BCUT2D eigenvalue weighted by atomic mass is 10.1. The Labute approximate surface area is 227 Å². The van der Waals surface area contributed by atoms with Crippen molar-refractivity contribution in [2.45, 2.75) is 4.90 Å². The smallest absolute Gasteiger partial charge is 0.261 e. The third kappa shape index (κ3) is 6.60. The van der Waals surface area contributed by atoms with Crippen molar-refractivity contribution in [3.05, 3.63) is 93.6 Å². The molecule has 1 amide bonds. The molecule has 1 heterocycles. The van der Waals surface area contributed by atoms with Crippen LogP contribution in [0.25, 0.3) is 0 Å². The summed E-state index contributed by atoms with van der Waals surface area (Å²) in [6, 6.07) is 18.0. The number of benzene rings is 3. The zero-order valence-corrected chi connectivity index (χ0v) is 22.0. The highest BCUT2D eigenvalue weighted by Crippen LogP contribution is 2.30. The monoisotopic (exact) mass is 578 g/mol. The number of nitrogens with zero attached hydrogens (tertiary/aromatic N) is 2. The summed E-state index contributed by atoms with van der Waals surface area (Å²) in [6.07, 6.45) is 0. The number of anilines is 2. The van der Waals surface area contributed by atoms with E-state index in [4.69, 9.17) is 44.3 Å². The molecular formula is C24H17Cl3N4O5S.